The van der Waals surface area contributed by atoms with E-state index in [0.29, 0.717) is 13.1 Å². The number of carboxylic acids is 1. The number of nitrogens with zero attached hydrogens (tertiary/aromatic N) is 3. The number of likely N-dealkylation sites (tertiary alicyclic amines) is 2. The third-order valence-corrected chi connectivity index (χ3v) is 6.47. The number of hydrogen-bond acceptors (Lipinski definition) is 5. The summed E-state index contributed by atoms with van der Waals surface area (Å²) in [7, 11) is 0. The maximum Gasteiger partial charge on any atom is 0.312 e. The van der Waals surface area contributed by atoms with Crippen LogP contribution in [0.4, 0.5) is 0 Å². The van der Waals surface area contributed by atoms with Crippen LogP contribution < -0.4 is 0 Å². The van der Waals surface area contributed by atoms with Gasteiger partial charge in [-0.3, -0.25) is 19.6 Å². The first kappa shape index (κ1) is 16.7. The molecular formula is C19H23N3O2S. The monoisotopic (exact) mass is 357 g/mol. The average Bonchev–Trinajstić information content (AvgIpc) is 3.21. The van der Waals surface area contributed by atoms with Crippen LogP contribution in [0.25, 0.3) is 0 Å². The highest BCUT2D eigenvalue weighted by atomic mass is 32.1. The summed E-state index contributed by atoms with van der Waals surface area (Å²) in [5.74, 6) is -0.446. The maximum absolute atomic E-state index is 12.1. The summed E-state index contributed by atoms with van der Waals surface area (Å²) < 4.78 is 0. The van der Waals surface area contributed by atoms with E-state index in [1.165, 1.54) is 9.75 Å². The van der Waals surface area contributed by atoms with Crippen molar-refractivity contribution < 1.29 is 9.90 Å². The van der Waals surface area contributed by atoms with E-state index in [1.807, 2.05) is 12.3 Å². The maximum atomic E-state index is 12.1. The molecule has 25 heavy (non-hydrogen) atoms. The summed E-state index contributed by atoms with van der Waals surface area (Å²) in [5, 5.41) is 9.98. The zero-order valence-corrected chi connectivity index (χ0v) is 15.2. The SMILES string of the molecule is Cc1ccc(CN2C[C@@H]3CN(Cc4cccnc4)C[C@]3(C(=O)O)C2)s1. The number of carbonyl (C=O) groups is 1. The number of thiophene rings is 1. The van der Waals surface area contributed by atoms with Gasteiger partial charge in [0.15, 0.2) is 0 Å². The van der Waals surface area contributed by atoms with E-state index in [-0.39, 0.29) is 5.92 Å². The Balaban J connectivity index is 1.45. The van der Waals surface area contributed by atoms with Crippen LogP contribution in [0.15, 0.2) is 36.7 Å². The molecule has 2 aromatic heterocycles. The second-order valence-corrected chi connectivity index (χ2v) is 8.74. The standard InChI is InChI=1S/C19H23N3O2S/c1-14-4-5-17(25-14)11-22-10-16-9-21(8-15-3-2-6-20-7-15)12-19(16,13-22)18(23)24/h2-7,16H,8-13H2,1H3,(H,23,24)/t16-,19-/m0/s1. The Kier molecular flexibility index (Phi) is 4.35. The number of rotatable bonds is 5. The van der Waals surface area contributed by atoms with E-state index in [9.17, 15) is 9.90 Å². The molecule has 0 aliphatic carbocycles. The van der Waals surface area contributed by atoms with Crippen LogP contribution in [0, 0.1) is 18.3 Å². The van der Waals surface area contributed by atoms with E-state index in [1.54, 1.807) is 17.5 Å². The fourth-order valence-corrected chi connectivity index (χ4v) is 5.29. The molecule has 0 amide bonds. The van der Waals surface area contributed by atoms with Gasteiger partial charge in [-0.05, 0) is 30.7 Å². The first-order valence-electron chi connectivity index (χ1n) is 8.67. The van der Waals surface area contributed by atoms with Gasteiger partial charge in [0.2, 0.25) is 0 Å². The van der Waals surface area contributed by atoms with Gasteiger partial charge in [0.1, 0.15) is 0 Å². The number of aryl methyl sites for hydroxylation is 1. The van der Waals surface area contributed by atoms with Crippen molar-refractivity contribution in [1.82, 2.24) is 14.8 Å². The summed E-state index contributed by atoms with van der Waals surface area (Å²) in [6, 6.07) is 8.29. The molecular weight excluding hydrogens is 334 g/mol. The Morgan fingerprint density at radius 1 is 1.28 bits per heavy atom. The summed E-state index contributed by atoms with van der Waals surface area (Å²) in [4.78, 5) is 23.5. The van der Waals surface area contributed by atoms with Crippen molar-refractivity contribution in [3.63, 3.8) is 0 Å². The third-order valence-electron chi connectivity index (χ3n) is 5.48. The number of carboxylic acid groups (broad SMARTS) is 1. The Labute approximate surface area is 151 Å². The first-order valence-corrected chi connectivity index (χ1v) is 9.49. The molecule has 4 heterocycles. The zero-order chi connectivity index (χ0) is 17.4. The minimum atomic E-state index is -0.643. The molecule has 2 aliphatic rings. The summed E-state index contributed by atoms with van der Waals surface area (Å²) in [6.45, 7) is 6.75. The summed E-state index contributed by atoms with van der Waals surface area (Å²) in [6.07, 6.45) is 3.64. The fraction of sp³-hybridized carbons (Fsp3) is 0.474. The number of hydrogen-bond donors (Lipinski definition) is 1. The van der Waals surface area contributed by atoms with Crippen molar-refractivity contribution in [3.05, 3.63) is 52.0 Å². The van der Waals surface area contributed by atoms with Crippen LogP contribution in [0.5, 0.6) is 0 Å². The molecule has 2 aromatic rings. The predicted octanol–water partition coefficient (Wildman–Crippen LogP) is 2.47. The van der Waals surface area contributed by atoms with Crippen LogP contribution in [-0.2, 0) is 17.9 Å². The van der Waals surface area contributed by atoms with Crippen LogP contribution >= 0.6 is 11.3 Å². The molecule has 1 N–H and O–H groups in total. The normalized spacial score (nSPS) is 26.8. The van der Waals surface area contributed by atoms with Crippen molar-refractivity contribution in [2.75, 3.05) is 26.2 Å². The lowest BCUT2D eigenvalue weighted by Gasteiger charge is -2.25. The first-order chi connectivity index (χ1) is 12.0. The number of pyridine rings is 1. The highest BCUT2D eigenvalue weighted by Crippen LogP contribution is 2.43. The van der Waals surface area contributed by atoms with E-state index in [2.05, 4.69) is 39.9 Å². The Morgan fingerprint density at radius 2 is 2.04 bits per heavy atom. The Morgan fingerprint density at radius 3 is 2.60 bits per heavy atom. The van der Waals surface area contributed by atoms with Crippen molar-refractivity contribution in [3.8, 4) is 0 Å². The van der Waals surface area contributed by atoms with Gasteiger partial charge in [0.25, 0.3) is 0 Å². The van der Waals surface area contributed by atoms with E-state index in [4.69, 9.17) is 0 Å². The molecule has 2 saturated heterocycles. The molecule has 0 saturated carbocycles. The van der Waals surface area contributed by atoms with Crippen LogP contribution in [0.2, 0.25) is 0 Å². The molecule has 2 atom stereocenters. The summed E-state index contributed by atoms with van der Waals surface area (Å²) >= 11 is 1.81. The van der Waals surface area contributed by atoms with Gasteiger partial charge in [-0.25, -0.2) is 0 Å². The molecule has 2 fully saturated rings. The minimum absolute atomic E-state index is 0.197. The third kappa shape index (κ3) is 3.21. The highest BCUT2D eigenvalue weighted by molar-refractivity contribution is 7.11. The predicted molar refractivity (Wildman–Crippen MR) is 97.4 cm³/mol. The molecule has 0 aromatic carbocycles. The molecule has 5 nitrogen and oxygen atoms in total. The smallest absolute Gasteiger partial charge is 0.312 e. The second-order valence-electron chi connectivity index (χ2n) is 7.37. The topological polar surface area (TPSA) is 56.7 Å². The van der Waals surface area contributed by atoms with Gasteiger partial charge in [-0.2, -0.15) is 0 Å². The fourth-order valence-electron chi connectivity index (χ4n) is 4.36. The molecule has 2 aliphatic heterocycles. The largest absolute Gasteiger partial charge is 0.481 e. The van der Waals surface area contributed by atoms with Crippen LogP contribution in [-0.4, -0.2) is 52.0 Å². The molecule has 132 valence electrons. The van der Waals surface area contributed by atoms with Crippen molar-refractivity contribution >= 4 is 17.3 Å². The summed E-state index contributed by atoms with van der Waals surface area (Å²) in [5.41, 5.74) is 0.517. The lowest BCUT2D eigenvalue weighted by atomic mass is 9.81. The molecule has 6 heteroatoms. The second kappa shape index (κ2) is 6.52. The van der Waals surface area contributed by atoms with E-state index >= 15 is 0 Å². The van der Waals surface area contributed by atoms with Crippen molar-refractivity contribution in [2.45, 2.75) is 20.0 Å². The average molecular weight is 357 g/mol. The van der Waals surface area contributed by atoms with Gasteiger partial charge in [-0.15, -0.1) is 11.3 Å². The zero-order valence-electron chi connectivity index (χ0n) is 14.4. The molecule has 0 radical (unpaired) electrons. The van der Waals surface area contributed by atoms with Crippen molar-refractivity contribution in [2.24, 2.45) is 11.3 Å². The molecule has 0 bridgehead atoms. The van der Waals surface area contributed by atoms with Crippen LogP contribution in [0.1, 0.15) is 15.3 Å². The van der Waals surface area contributed by atoms with Crippen LogP contribution in [0.3, 0.4) is 0 Å². The van der Waals surface area contributed by atoms with Crippen molar-refractivity contribution in [1.29, 1.82) is 0 Å². The molecule has 0 unspecified atom stereocenters. The lowest BCUT2D eigenvalue weighted by Crippen LogP contribution is -2.40. The van der Waals surface area contributed by atoms with Gasteiger partial charge >= 0.3 is 5.97 Å². The van der Waals surface area contributed by atoms with Gasteiger partial charge in [0, 0.05) is 67.3 Å². The molecule has 4 rings (SSSR count). The lowest BCUT2D eigenvalue weighted by molar-refractivity contribution is -0.149. The van der Waals surface area contributed by atoms with Gasteiger partial charge in [0.05, 0.1) is 5.41 Å². The number of aliphatic carboxylic acids is 1. The van der Waals surface area contributed by atoms with Gasteiger partial charge < -0.3 is 5.11 Å². The quantitative estimate of drug-likeness (QED) is 0.891. The van der Waals surface area contributed by atoms with E-state index < -0.39 is 11.4 Å². The number of aromatic nitrogens is 1. The minimum Gasteiger partial charge on any atom is -0.481 e. The number of fused-ring (bicyclic) bond motifs is 1. The Hall–Kier alpha value is -1.76. The Bertz CT molecular complexity index is 763. The van der Waals surface area contributed by atoms with Gasteiger partial charge in [-0.1, -0.05) is 6.07 Å². The molecule has 0 spiro atoms. The van der Waals surface area contributed by atoms with E-state index in [0.717, 1.165) is 31.7 Å². The highest BCUT2D eigenvalue weighted by Gasteiger charge is 2.57.